The first-order valence-electron chi connectivity index (χ1n) is 3.50. The van der Waals surface area contributed by atoms with Gasteiger partial charge in [0.15, 0.2) is 0 Å². The quantitative estimate of drug-likeness (QED) is 0.712. The van der Waals surface area contributed by atoms with Crippen molar-refractivity contribution in [1.82, 2.24) is 4.90 Å². The number of carbonyl (C=O) groups excluding carboxylic acids is 1. The minimum Gasteiger partial charge on any atom is -0.335 e. The van der Waals surface area contributed by atoms with Gasteiger partial charge >= 0.3 is 0 Å². The van der Waals surface area contributed by atoms with Crippen LogP contribution in [0.5, 0.6) is 0 Å². The molecule has 84 valence electrons. The Morgan fingerprint density at radius 1 is 1.14 bits per heavy atom. The smallest absolute Gasteiger partial charge is 0.274 e. The normalized spacial score (nSPS) is 12.8. The highest BCUT2D eigenvalue weighted by Gasteiger charge is 2.37. The first kappa shape index (κ1) is 15.2. The summed E-state index contributed by atoms with van der Waals surface area (Å²) in [6.45, 7) is 1.85. The lowest BCUT2D eigenvalue weighted by Gasteiger charge is -2.27. The largest absolute Gasteiger partial charge is 0.335 e. The molecule has 0 aliphatic rings. The molecule has 0 bridgehead atoms. The van der Waals surface area contributed by atoms with Crippen molar-refractivity contribution in [3.8, 4) is 0 Å². The molecule has 0 spiro atoms. The van der Waals surface area contributed by atoms with Crippen LogP contribution in [-0.4, -0.2) is 31.5 Å². The molecule has 0 N–H and O–H groups in total. The lowest BCUT2D eigenvalue weighted by molar-refractivity contribution is -0.130. The number of alkyl halides is 6. The molecule has 0 aliphatic heterocycles. The zero-order valence-electron chi connectivity index (χ0n) is 7.04. The summed E-state index contributed by atoms with van der Waals surface area (Å²) in [6.07, 6.45) is 0. The molecule has 0 heterocycles. The van der Waals surface area contributed by atoms with Crippen LogP contribution in [0.25, 0.3) is 0 Å². The molecular formula is C6H7Cl6NO. The number of halogens is 6. The molecule has 0 radical (unpaired) electrons. The van der Waals surface area contributed by atoms with Gasteiger partial charge in [-0.2, -0.15) is 0 Å². The molecule has 0 rings (SSSR count). The van der Waals surface area contributed by atoms with E-state index in [1.54, 1.807) is 6.92 Å². The Morgan fingerprint density at radius 2 is 1.57 bits per heavy atom. The van der Waals surface area contributed by atoms with E-state index in [1.165, 1.54) is 0 Å². The number of rotatable bonds is 2. The van der Waals surface area contributed by atoms with Gasteiger partial charge in [0.1, 0.15) is 0 Å². The second-order valence-electron chi connectivity index (χ2n) is 2.43. The minimum absolute atomic E-state index is 0.124. The third kappa shape index (κ3) is 5.94. The average Bonchev–Trinajstić information content (AvgIpc) is 1.95. The Labute approximate surface area is 112 Å². The monoisotopic (exact) mass is 319 g/mol. The van der Waals surface area contributed by atoms with Crippen LogP contribution in [0.3, 0.4) is 0 Å². The molecule has 0 unspecified atom stereocenters. The summed E-state index contributed by atoms with van der Waals surface area (Å²) in [5, 5.41) is 0. The van der Waals surface area contributed by atoms with Gasteiger partial charge in [0.25, 0.3) is 9.70 Å². The van der Waals surface area contributed by atoms with Crippen LogP contribution in [0.15, 0.2) is 0 Å². The number of nitrogens with zero attached hydrogens (tertiary/aromatic N) is 1. The van der Waals surface area contributed by atoms with Gasteiger partial charge in [-0.3, -0.25) is 4.79 Å². The summed E-state index contributed by atoms with van der Waals surface area (Å²) in [6, 6.07) is 0. The Bertz CT molecular complexity index is 207. The van der Waals surface area contributed by atoms with E-state index in [9.17, 15) is 4.79 Å². The van der Waals surface area contributed by atoms with Crippen molar-refractivity contribution in [3.05, 3.63) is 0 Å². The van der Waals surface area contributed by atoms with Gasteiger partial charge in [0.05, 0.1) is 6.54 Å². The molecule has 0 saturated heterocycles. The van der Waals surface area contributed by atoms with Gasteiger partial charge in [-0.1, -0.05) is 69.6 Å². The first-order valence-corrected chi connectivity index (χ1v) is 5.77. The van der Waals surface area contributed by atoms with Gasteiger partial charge < -0.3 is 4.90 Å². The van der Waals surface area contributed by atoms with Gasteiger partial charge in [-0.15, -0.1) is 0 Å². The highest BCUT2D eigenvalue weighted by Crippen LogP contribution is 2.32. The van der Waals surface area contributed by atoms with Crippen LogP contribution < -0.4 is 0 Å². The summed E-state index contributed by atoms with van der Waals surface area (Å²) in [5.41, 5.74) is 0. The maximum Gasteiger partial charge on any atom is 0.274 e. The molecule has 1 amide bonds. The Kier molecular flexibility index (Phi) is 5.99. The summed E-state index contributed by atoms with van der Waals surface area (Å²) in [4.78, 5) is 12.6. The second kappa shape index (κ2) is 5.51. The standard InChI is InChI=1S/C6H7Cl6NO/c1-2-13(3-5(7,8)9)4(14)6(10,11)12/h2-3H2,1H3. The number of hydrogen-bond acceptors (Lipinski definition) is 1. The molecule has 0 aliphatic carbocycles. The van der Waals surface area contributed by atoms with Crippen LogP contribution in [-0.2, 0) is 4.79 Å². The van der Waals surface area contributed by atoms with Gasteiger partial charge in [0, 0.05) is 6.54 Å². The van der Waals surface area contributed by atoms with Crippen LogP contribution >= 0.6 is 69.6 Å². The summed E-state index contributed by atoms with van der Waals surface area (Å²) in [7, 11) is 0. The third-order valence-corrected chi connectivity index (χ3v) is 2.13. The van der Waals surface area contributed by atoms with Crippen molar-refractivity contribution in [3.63, 3.8) is 0 Å². The molecule has 0 aromatic rings. The van der Waals surface area contributed by atoms with Crippen molar-refractivity contribution in [2.45, 2.75) is 14.5 Å². The lowest BCUT2D eigenvalue weighted by atomic mass is 10.5. The predicted octanol–water partition coefficient (Wildman–Crippen LogP) is 3.58. The van der Waals surface area contributed by atoms with Crippen LogP contribution in [0.2, 0.25) is 0 Å². The molecular weight excluding hydrogens is 315 g/mol. The van der Waals surface area contributed by atoms with E-state index in [0.29, 0.717) is 6.54 Å². The molecule has 0 aromatic carbocycles. The zero-order valence-corrected chi connectivity index (χ0v) is 11.6. The van der Waals surface area contributed by atoms with E-state index in [1.807, 2.05) is 0 Å². The van der Waals surface area contributed by atoms with E-state index in [0.717, 1.165) is 4.90 Å². The van der Waals surface area contributed by atoms with E-state index in [4.69, 9.17) is 69.6 Å². The van der Waals surface area contributed by atoms with Crippen LogP contribution in [0.1, 0.15) is 6.92 Å². The van der Waals surface area contributed by atoms with Crippen molar-refractivity contribution in [2.24, 2.45) is 0 Å². The van der Waals surface area contributed by atoms with Gasteiger partial charge in [-0.05, 0) is 6.92 Å². The third-order valence-electron chi connectivity index (χ3n) is 1.28. The molecule has 0 saturated carbocycles. The highest BCUT2D eigenvalue weighted by molar-refractivity contribution is 6.76. The SMILES string of the molecule is CCN(CC(Cl)(Cl)Cl)C(=O)C(Cl)(Cl)Cl. The van der Waals surface area contributed by atoms with Crippen molar-refractivity contribution >= 4 is 75.5 Å². The maximum absolute atomic E-state index is 11.4. The second-order valence-corrected chi connectivity index (χ2v) is 7.23. The van der Waals surface area contributed by atoms with Crippen LogP contribution in [0, 0.1) is 0 Å². The van der Waals surface area contributed by atoms with Crippen molar-refractivity contribution in [2.75, 3.05) is 13.1 Å². The molecule has 0 aromatic heterocycles. The van der Waals surface area contributed by atoms with Crippen molar-refractivity contribution in [1.29, 1.82) is 0 Å². The highest BCUT2D eigenvalue weighted by atomic mass is 35.6. The summed E-state index contributed by atoms with van der Waals surface area (Å²) >= 11 is 32.7. The Hall–Kier alpha value is 1.21. The molecule has 0 atom stereocenters. The fraction of sp³-hybridized carbons (Fsp3) is 0.833. The van der Waals surface area contributed by atoms with E-state index >= 15 is 0 Å². The van der Waals surface area contributed by atoms with Crippen LogP contribution in [0.4, 0.5) is 0 Å². The summed E-state index contributed by atoms with van der Waals surface area (Å²) < 4.78 is -3.60. The zero-order chi connectivity index (χ0) is 11.6. The molecule has 0 fully saturated rings. The number of carbonyl (C=O) groups is 1. The number of amides is 1. The number of hydrogen-bond donors (Lipinski definition) is 0. The average molecular weight is 322 g/mol. The van der Waals surface area contributed by atoms with Gasteiger partial charge in [0.2, 0.25) is 3.79 Å². The topological polar surface area (TPSA) is 20.3 Å². The molecule has 8 heteroatoms. The first-order chi connectivity index (χ1) is 6.08. The predicted molar refractivity (Wildman–Crippen MR) is 62.8 cm³/mol. The van der Waals surface area contributed by atoms with E-state index in [-0.39, 0.29) is 6.54 Å². The van der Waals surface area contributed by atoms with E-state index < -0.39 is 13.5 Å². The van der Waals surface area contributed by atoms with E-state index in [2.05, 4.69) is 0 Å². The Balaban J connectivity index is 4.51. The fourth-order valence-corrected chi connectivity index (χ4v) is 1.51. The fourth-order valence-electron chi connectivity index (χ4n) is 0.723. The molecule has 2 nitrogen and oxygen atoms in total. The maximum atomic E-state index is 11.4. The minimum atomic E-state index is -2.02. The van der Waals surface area contributed by atoms with Crippen molar-refractivity contribution < 1.29 is 4.79 Å². The summed E-state index contributed by atoms with van der Waals surface area (Å²) in [5.74, 6) is -0.712. The lowest BCUT2D eigenvalue weighted by Crippen LogP contribution is -2.43. The van der Waals surface area contributed by atoms with Gasteiger partial charge in [-0.25, -0.2) is 0 Å². The molecule has 14 heavy (non-hydrogen) atoms. The Morgan fingerprint density at radius 3 is 1.79 bits per heavy atom.